The van der Waals surface area contributed by atoms with Crippen LogP contribution >= 0.6 is 0 Å². The third-order valence-electron chi connectivity index (χ3n) is 1.43. The summed E-state index contributed by atoms with van der Waals surface area (Å²) in [4.78, 5) is 10.9. The maximum absolute atomic E-state index is 12.4. The fraction of sp³-hybridized carbons (Fsp3) is 0.667. The predicted octanol–water partition coefficient (Wildman–Crippen LogP) is 1.69. The third-order valence-corrected chi connectivity index (χ3v) is 1.43. The molecule has 0 fully saturated rings. The Bertz CT molecular complexity index is 298. The molecule has 0 aliphatic carbocycles. The molecule has 0 saturated carbocycles. The molecule has 0 aromatic carbocycles. The van der Waals surface area contributed by atoms with E-state index in [1.807, 2.05) is 0 Å². The van der Waals surface area contributed by atoms with Gasteiger partial charge in [0.05, 0.1) is 0 Å². The lowest BCUT2D eigenvalue weighted by molar-refractivity contribution is -0.341. The molecule has 0 amide bonds. The van der Waals surface area contributed by atoms with Gasteiger partial charge in [0, 0.05) is 5.57 Å². The smallest absolute Gasteiger partial charge is 0.445 e. The van der Waals surface area contributed by atoms with Crippen LogP contribution in [0.2, 0.25) is 0 Å². The predicted molar refractivity (Wildman–Crippen MR) is 48.4 cm³/mol. The van der Waals surface area contributed by atoms with E-state index in [0.29, 0.717) is 0 Å². The van der Waals surface area contributed by atoms with E-state index in [1.165, 1.54) is 6.92 Å². The van der Waals surface area contributed by atoms with Gasteiger partial charge in [-0.25, -0.2) is 9.18 Å². The Morgan fingerprint density at radius 1 is 1.47 bits per heavy atom. The summed E-state index contributed by atoms with van der Waals surface area (Å²) < 4.78 is 55.8. The summed E-state index contributed by atoms with van der Waals surface area (Å²) in [6, 6.07) is 0. The van der Waals surface area contributed by atoms with Gasteiger partial charge < -0.3 is 14.6 Å². The lowest BCUT2D eigenvalue weighted by Crippen LogP contribution is -2.42. The van der Waals surface area contributed by atoms with Gasteiger partial charge in [-0.15, -0.1) is 0 Å². The van der Waals surface area contributed by atoms with E-state index in [4.69, 9.17) is 0 Å². The van der Waals surface area contributed by atoms with Crippen LogP contribution in [0.15, 0.2) is 12.2 Å². The average molecular weight is 260 g/mol. The lowest BCUT2D eigenvalue weighted by atomic mass is 10.3. The molecule has 0 aliphatic rings. The molecule has 0 aromatic heterocycles. The Kier molecular flexibility index (Phi) is 5.09. The standard InChI is InChI=1S/C9H12F4O4/c1-5(2)6(14)16-4-8(3,15)17-7(10)9(11,12)13/h7,15H,1,4H2,2-3H3. The van der Waals surface area contributed by atoms with E-state index in [2.05, 4.69) is 16.1 Å². The van der Waals surface area contributed by atoms with Crippen molar-refractivity contribution in [3.05, 3.63) is 12.2 Å². The molecular weight excluding hydrogens is 248 g/mol. The molecule has 100 valence electrons. The Balaban J connectivity index is 4.30. The summed E-state index contributed by atoms with van der Waals surface area (Å²) in [6.45, 7) is 4.29. The van der Waals surface area contributed by atoms with Gasteiger partial charge in [-0.05, 0) is 13.8 Å². The first-order valence-corrected chi connectivity index (χ1v) is 4.39. The van der Waals surface area contributed by atoms with Crippen LogP contribution in [-0.4, -0.2) is 36.0 Å². The molecule has 0 rings (SSSR count). The summed E-state index contributed by atoms with van der Waals surface area (Å²) >= 11 is 0. The van der Waals surface area contributed by atoms with E-state index in [-0.39, 0.29) is 5.57 Å². The molecule has 1 N–H and O–H groups in total. The number of esters is 1. The van der Waals surface area contributed by atoms with Crippen LogP contribution in [0.25, 0.3) is 0 Å². The van der Waals surface area contributed by atoms with Gasteiger partial charge in [0.25, 0.3) is 6.36 Å². The van der Waals surface area contributed by atoms with Crippen molar-refractivity contribution in [3.63, 3.8) is 0 Å². The highest BCUT2D eigenvalue weighted by Crippen LogP contribution is 2.27. The molecule has 0 aromatic rings. The molecule has 4 nitrogen and oxygen atoms in total. The zero-order chi connectivity index (χ0) is 13.9. The van der Waals surface area contributed by atoms with E-state index >= 15 is 0 Å². The monoisotopic (exact) mass is 260 g/mol. The number of hydrogen-bond acceptors (Lipinski definition) is 4. The van der Waals surface area contributed by atoms with Gasteiger partial charge in [-0.3, -0.25) is 0 Å². The number of ether oxygens (including phenoxy) is 2. The topological polar surface area (TPSA) is 55.8 Å². The Morgan fingerprint density at radius 3 is 2.29 bits per heavy atom. The second kappa shape index (κ2) is 5.46. The molecule has 17 heavy (non-hydrogen) atoms. The Labute approximate surface area is 94.8 Å². The maximum Gasteiger partial charge on any atom is 0.445 e. The summed E-state index contributed by atoms with van der Waals surface area (Å²) in [5.74, 6) is -3.52. The van der Waals surface area contributed by atoms with Crippen molar-refractivity contribution in [2.75, 3.05) is 6.61 Å². The van der Waals surface area contributed by atoms with Crippen molar-refractivity contribution in [2.45, 2.75) is 32.2 Å². The minimum absolute atomic E-state index is 0.0200. The second-order valence-electron chi connectivity index (χ2n) is 3.51. The fourth-order valence-corrected chi connectivity index (χ4v) is 0.646. The number of alkyl halides is 4. The molecule has 0 aliphatic heterocycles. The van der Waals surface area contributed by atoms with Crippen LogP contribution in [0.5, 0.6) is 0 Å². The van der Waals surface area contributed by atoms with Crippen LogP contribution in [0, 0.1) is 0 Å². The van der Waals surface area contributed by atoms with Crippen LogP contribution in [0.4, 0.5) is 17.6 Å². The van der Waals surface area contributed by atoms with Gasteiger partial charge in [0.1, 0.15) is 6.61 Å². The first kappa shape index (κ1) is 15.9. The van der Waals surface area contributed by atoms with Gasteiger partial charge in [-0.1, -0.05) is 6.58 Å². The summed E-state index contributed by atoms with van der Waals surface area (Å²) in [6.07, 6.45) is -8.93. The van der Waals surface area contributed by atoms with Gasteiger partial charge >= 0.3 is 12.1 Å². The minimum Gasteiger partial charge on any atom is -0.457 e. The summed E-state index contributed by atoms with van der Waals surface area (Å²) in [7, 11) is 0. The molecule has 0 heterocycles. The number of halogens is 4. The number of rotatable bonds is 5. The van der Waals surface area contributed by atoms with Crippen molar-refractivity contribution >= 4 is 5.97 Å². The molecule has 2 unspecified atom stereocenters. The van der Waals surface area contributed by atoms with E-state index in [1.54, 1.807) is 0 Å². The highest BCUT2D eigenvalue weighted by molar-refractivity contribution is 5.86. The normalized spacial score (nSPS) is 17.1. The molecule has 0 bridgehead atoms. The zero-order valence-electron chi connectivity index (χ0n) is 9.18. The number of aliphatic hydroxyl groups is 1. The zero-order valence-corrected chi connectivity index (χ0v) is 9.18. The third kappa shape index (κ3) is 6.22. The summed E-state index contributed by atoms with van der Waals surface area (Å²) in [5, 5.41) is 9.21. The van der Waals surface area contributed by atoms with Gasteiger partial charge in [0.2, 0.25) is 5.79 Å². The first-order valence-electron chi connectivity index (χ1n) is 4.39. The van der Waals surface area contributed by atoms with E-state index < -0.39 is 30.9 Å². The molecule has 0 radical (unpaired) electrons. The molecule has 0 spiro atoms. The van der Waals surface area contributed by atoms with Crippen LogP contribution in [0.3, 0.4) is 0 Å². The van der Waals surface area contributed by atoms with Crippen molar-refractivity contribution in [3.8, 4) is 0 Å². The Morgan fingerprint density at radius 2 is 1.94 bits per heavy atom. The van der Waals surface area contributed by atoms with Gasteiger partial charge in [-0.2, -0.15) is 13.2 Å². The summed E-state index contributed by atoms with van der Waals surface area (Å²) in [5.41, 5.74) is -0.0200. The van der Waals surface area contributed by atoms with Crippen molar-refractivity contribution in [1.82, 2.24) is 0 Å². The van der Waals surface area contributed by atoms with E-state index in [9.17, 15) is 27.5 Å². The number of hydrogen-bond donors (Lipinski definition) is 1. The number of carbonyl (C=O) groups excluding carboxylic acids is 1. The Hall–Kier alpha value is -1.15. The van der Waals surface area contributed by atoms with E-state index in [0.717, 1.165) is 6.92 Å². The quantitative estimate of drug-likeness (QED) is 0.354. The van der Waals surface area contributed by atoms with Crippen molar-refractivity contribution in [1.29, 1.82) is 0 Å². The molecule has 8 heteroatoms. The number of carbonyl (C=O) groups is 1. The molecule has 0 saturated heterocycles. The van der Waals surface area contributed by atoms with Gasteiger partial charge in [0.15, 0.2) is 0 Å². The van der Waals surface area contributed by atoms with Crippen molar-refractivity contribution in [2.24, 2.45) is 0 Å². The maximum atomic E-state index is 12.4. The first-order chi connectivity index (χ1) is 7.46. The fourth-order valence-electron chi connectivity index (χ4n) is 0.646. The van der Waals surface area contributed by atoms with Crippen LogP contribution in [-0.2, 0) is 14.3 Å². The minimum atomic E-state index is -5.26. The largest absolute Gasteiger partial charge is 0.457 e. The average Bonchev–Trinajstić information content (AvgIpc) is 2.11. The van der Waals surface area contributed by atoms with Crippen molar-refractivity contribution < 1.29 is 36.9 Å². The highest BCUT2D eigenvalue weighted by atomic mass is 19.4. The molecular formula is C9H12F4O4. The highest BCUT2D eigenvalue weighted by Gasteiger charge is 2.45. The van der Waals surface area contributed by atoms with Crippen LogP contribution in [0.1, 0.15) is 13.8 Å². The SMILES string of the molecule is C=C(C)C(=O)OCC(C)(O)OC(F)C(F)(F)F. The van der Waals surface area contributed by atoms with Crippen LogP contribution < -0.4 is 0 Å². The lowest BCUT2D eigenvalue weighted by Gasteiger charge is -2.26. The molecule has 2 atom stereocenters. The second-order valence-corrected chi connectivity index (χ2v) is 3.51.